The summed E-state index contributed by atoms with van der Waals surface area (Å²) in [6.45, 7) is 0.234. The van der Waals surface area contributed by atoms with E-state index in [0.717, 1.165) is 0 Å². The summed E-state index contributed by atoms with van der Waals surface area (Å²) in [5, 5.41) is 0. The van der Waals surface area contributed by atoms with E-state index < -0.39 is 18.9 Å². The molecule has 0 spiro atoms. The van der Waals surface area contributed by atoms with Gasteiger partial charge in [0.2, 0.25) is 0 Å². The summed E-state index contributed by atoms with van der Waals surface area (Å²) in [6.07, 6.45) is 2.71. The fraction of sp³-hybridized carbons (Fsp3) is 1.00. The van der Waals surface area contributed by atoms with Crippen LogP contribution in [0.25, 0.3) is 0 Å². The first-order chi connectivity index (χ1) is 6.21. The summed E-state index contributed by atoms with van der Waals surface area (Å²) in [7, 11) is -6.69. The van der Waals surface area contributed by atoms with Gasteiger partial charge in [0.05, 0.1) is 16.7 Å². The summed E-state index contributed by atoms with van der Waals surface area (Å²) in [4.78, 5) is 0. The molecule has 0 radical (unpaired) electrons. The molecular weight excluding hydrogens is 271 g/mol. The molecule has 9 heteroatoms. The molecule has 86 valence electrons. The Kier molecular flexibility index (Phi) is 10.4. The molecule has 1 unspecified atom stereocenters. The van der Waals surface area contributed by atoms with Gasteiger partial charge in [-0.2, -0.15) is 0 Å². The van der Waals surface area contributed by atoms with E-state index in [1.807, 2.05) is 0 Å². The predicted molar refractivity (Wildman–Crippen MR) is 55.8 cm³/mol. The Bertz CT molecular complexity index is 311. The molecule has 0 aromatic carbocycles. The van der Waals surface area contributed by atoms with Crippen LogP contribution in [0.4, 0.5) is 0 Å². The normalized spacial score (nSPS) is 15.3. The van der Waals surface area contributed by atoms with Crippen LogP contribution in [0.15, 0.2) is 0 Å². The van der Waals surface area contributed by atoms with Crippen molar-refractivity contribution in [3.8, 4) is 0 Å². The fourth-order valence-electron chi connectivity index (χ4n) is 0.768. The van der Waals surface area contributed by atoms with E-state index in [4.69, 9.17) is 4.18 Å². The van der Waals surface area contributed by atoms with Gasteiger partial charge >= 0.3 is 29.6 Å². The minimum absolute atomic E-state index is 0. The number of unbranched alkanes of at least 4 members (excludes halogenated alkanes) is 2. The molecule has 0 N–H and O–H groups in total. The fourth-order valence-corrected chi connectivity index (χ4v) is 1.95. The minimum atomic E-state index is -4.11. The van der Waals surface area contributed by atoms with Crippen molar-refractivity contribution >= 4 is 30.1 Å². The Hall–Kier alpha value is 1.24. The van der Waals surface area contributed by atoms with E-state index in [1.165, 1.54) is 6.26 Å². The maximum Gasteiger partial charge on any atom is 1.00 e. The SMILES string of the molecule is CS(=O)(=S)OCCCCCS(=O)(=O)[O-].[Na+]. The van der Waals surface area contributed by atoms with Crippen LogP contribution in [0.1, 0.15) is 19.3 Å². The zero-order chi connectivity index (χ0) is 11.2. The third-order valence-electron chi connectivity index (χ3n) is 1.34. The molecule has 0 aromatic heterocycles. The molecule has 0 rings (SSSR count). The van der Waals surface area contributed by atoms with Crippen molar-refractivity contribution in [1.29, 1.82) is 0 Å². The van der Waals surface area contributed by atoms with Gasteiger partial charge in [-0.25, -0.2) is 12.6 Å². The van der Waals surface area contributed by atoms with Crippen LogP contribution in [-0.4, -0.2) is 35.8 Å². The Morgan fingerprint density at radius 1 is 1.20 bits per heavy atom. The van der Waals surface area contributed by atoms with Crippen LogP contribution in [0.2, 0.25) is 0 Å². The monoisotopic (exact) mass is 284 g/mol. The molecule has 0 aliphatic heterocycles. The van der Waals surface area contributed by atoms with Gasteiger partial charge in [0, 0.05) is 23.2 Å². The summed E-state index contributed by atoms with van der Waals surface area (Å²) >= 11 is 4.48. The van der Waals surface area contributed by atoms with Crippen LogP contribution in [0.5, 0.6) is 0 Å². The standard InChI is InChI=1S/C6H14O5S3.Na/c1-13(7,12)11-5-3-2-4-6-14(8,9)10;/h2-6H2,1H3,(H,8,9,10);/q;+1/p-1. The summed E-state index contributed by atoms with van der Waals surface area (Å²) < 4.78 is 46.1. The molecule has 0 bridgehead atoms. The molecule has 1 atom stereocenters. The molecule has 0 aliphatic rings. The Balaban J connectivity index is 0. The first-order valence-corrected chi connectivity index (χ1v) is 8.38. The van der Waals surface area contributed by atoms with E-state index in [2.05, 4.69) is 11.2 Å². The maximum absolute atomic E-state index is 10.8. The van der Waals surface area contributed by atoms with Gasteiger partial charge < -0.3 is 4.55 Å². The van der Waals surface area contributed by atoms with Crippen LogP contribution in [0, 0.1) is 0 Å². The number of rotatable bonds is 7. The molecule has 0 aliphatic carbocycles. The van der Waals surface area contributed by atoms with Gasteiger partial charge in [-0.3, -0.25) is 4.18 Å². The average molecular weight is 284 g/mol. The van der Waals surface area contributed by atoms with Gasteiger partial charge in [-0.1, -0.05) is 6.42 Å². The van der Waals surface area contributed by atoms with Gasteiger partial charge in [-0.05, 0) is 12.8 Å². The van der Waals surface area contributed by atoms with E-state index in [0.29, 0.717) is 19.3 Å². The van der Waals surface area contributed by atoms with Gasteiger partial charge in [0.15, 0.2) is 0 Å². The van der Waals surface area contributed by atoms with E-state index in [9.17, 15) is 17.2 Å². The van der Waals surface area contributed by atoms with E-state index >= 15 is 0 Å². The largest absolute Gasteiger partial charge is 1.00 e. The van der Waals surface area contributed by atoms with Gasteiger partial charge in [-0.15, -0.1) is 0 Å². The molecule has 0 heterocycles. The second-order valence-electron chi connectivity index (χ2n) is 2.85. The molecular formula is C6H13NaO5S3. The maximum atomic E-state index is 10.8. The predicted octanol–water partition coefficient (Wildman–Crippen LogP) is -2.99. The second-order valence-corrected chi connectivity index (χ2v) is 7.83. The molecule has 0 fully saturated rings. The van der Waals surface area contributed by atoms with Crippen LogP contribution in [0.3, 0.4) is 0 Å². The summed E-state index contributed by atoms with van der Waals surface area (Å²) in [6, 6.07) is 0. The van der Waals surface area contributed by atoms with Crippen molar-refractivity contribution in [3.05, 3.63) is 0 Å². The van der Waals surface area contributed by atoms with Crippen LogP contribution < -0.4 is 29.6 Å². The Labute approximate surface area is 118 Å². The van der Waals surface area contributed by atoms with E-state index in [-0.39, 0.29) is 41.9 Å². The number of hydrogen-bond acceptors (Lipinski definition) is 6. The van der Waals surface area contributed by atoms with Crippen LogP contribution in [-0.2, 0) is 34.3 Å². The summed E-state index contributed by atoms with van der Waals surface area (Å²) in [5.41, 5.74) is 0. The van der Waals surface area contributed by atoms with Crippen molar-refractivity contribution in [3.63, 3.8) is 0 Å². The van der Waals surface area contributed by atoms with Crippen LogP contribution >= 0.6 is 0 Å². The first-order valence-electron chi connectivity index (χ1n) is 3.99. The first kappa shape index (κ1) is 18.6. The molecule has 0 saturated heterocycles. The average Bonchev–Trinajstić information content (AvgIpc) is 1.92. The molecule has 15 heavy (non-hydrogen) atoms. The van der Waals surface area contributed by atoms with Crippen molar-refractivity contribution in [2.24, 2.45) is 0 Å². The third kappa shape index (κ3) is 17.8. The van der Waals surface area contributed by atoms with E-state index in [1.54, 1.807) is 0 Å². The second kappa shape index (κ2) is 8.35. The summed E-state index contributed by atoms with van der Waals surface area (Å²) in [5.74, 6) is -0.359. The zero-order valence-corrected chi connectivity index (χ0v) is 13.3. The van der Waals surface area contributed by atoms with Gasteiger partial charge in [0.1, 0.15) is 8.77 Å². The Morgan fingerprint density at radius 3 is 2.13 bits per heavy atom. The smallest absolute Gasteiger partial charge is 0.748 e. The number of hydrogen-bond donors (Lipinski definition) is 0. The molecule has 0 aromatic rings. The quantitative estimate of drug-likeness (QED) is 0.282. The van der Waals surface area contributed by atoms with Crippen molar-refractivity contribution in [2.75, 3.05) is 18.6 Å². The molecule has 5 nitrogen and oxygen atoms in total. The van der Waals surface area contributed by atoms with Crippen molar-refractivity contribution < 1.29 is 50.9 Å². The topological polar surface area (TPSA) is 83.5 Å². The minimum Gasteiger partial charge on any atom is -0.748 e. The molecule has 0 saturated carbocycles. The van der Waals surface area contributed by atoms with Gasteiger partial charge in [0.25, 0.3) is 0 Å². The van der Waals surface area contributed by atoms with Crippen molar-refractivity contribution in [1.82, 2.24) is 0 Å². The van der Waals surface area contributed by atoms with Crippen molar-refractivity contribution in [2.45, 2.75) is 19.3 Å². The zero-order valence-electron chi connectivity index (χ0n) is 8.80. The Morgan fingerprint density at radius 2 is 1.73 bits per heavy atom. The molecule has 0 amide bonds. The third-order valence-corrected chi connectivity index (χ3v) is 3.01.